The monoisotopic (exact) mass is 530 g/mol. The summed E-state index contributed by atoms with van der Waals surface area (Å²) in [5.41, 5.74) is 1.37. The van der Waals surface area contributed by atoms with Gasteiger partial charge in [-0.2, -0.15) is 16.8 Å². The van der Waals surface area contributed by atoms with Gasteiger partial charge in [0, 0.05) is 28.3 Å². The maximum absolute atomic E-state index is 13.0. The maximum atomic E-state index is 13.0. The molecule has 0 N–H and O–H groups in total. The van der Waals surface area contributed by atoms with Gasteiger partial charge in [-0.1, -0.05) is 47.5 Å². The third kappa shape index (κ3) is 5.27. The van der Waals surface area contributed by atoms with Crippen LogP contribution in [0.1, 0.15) is 42.7 Å². The molecule has 11 heteroatoms. The molecule has 0 spiro atoms. The van der Waals surface area contributed by atoms with Gasteiger partial charge in [0.25, 0.3) is 20.2 Å². The summed E-state index contributed by atoms with van der Waals surface area (Å²) in [4.78, 5) is -1.98. The van der Waals surface area contributed by atoms with Gasteiger partial charge in [0.2, 0.25) is 4.93 Å². The molecule has 6 nitrogen and oxygen atoms in total. The van der Waals surface area contributed by atoms with Gasteiger partial charge < -0.3 is 0 Å². The molecule has 164 valence electrons. The topological polar surface area (TPSA) is 86.7 Å². The first-order chi connectivity index (χ1) is 14.1. The van der Waals surface area contributed by atoms with E-state index in [0.717, 1.165) is 5.56 Å². The standard InChI is InChI=1S/C20H20Cl2O6S2.K.H/c1-2-27-30(25,26)20(12-18(20)14-6-4-8-16(22)10-14)28-29(23,24)19-11-17(19)13-5-3-7-15(21)9-13;;/h3-10,17-19H,2,11-12H2,1H3;;. The molecule has 2 aliphatic carbocycles. The average Bonchev–Trinajstić information content (AvgIpc) is 3.56. The molecule has 4 atom stereocenters. The van der Waals surface area contributed by atoms with Crippen LogP contribution in [-0.4, -0.2) is 85.0 Å². The first-order valence-corrected chi connectivity index (χ1v) is 13.1. The Bertz CT molecular complexity index is 1190. The van der Waals surface area contributed by atoms with Gasteiger partial charge >= 0.3 is 51.4 Å². The minimum absolute atomic E-state index is 0. The van der Waals surface area contributed by atoms with E-state index < -0.39 is 36.3 Å². The second-order valence-corrected chi connectivity index (χ2v) is 12.0. The van der Waals surface area contributed by atoms with E-state index in [9.17, 15) is 16.8 Å². The molecule has 0 heterocycles. The quantitative estimate of drug-likeness (QED) is 0.381. The van der Waals surface area contributed by atoms with Crippen LogP contribution < -0.4 is 0 Å². The van der Waals surface area contributed by atoms with Crippen LogP contribution >= 0.6 is 23.2 Å². The molecule has 2 aromatic carbocycles. The first kappa shape index (κ1) is 26.1. The summed E-state index contributed by atoms with van der Waals surface area (Å²) in [6.45, 7) is 1.40. The van der Waals surface area contributed by atoms with Crippen molar-refractivity contribution in [3.05, 3.63) is 69.7 Å². The molecule has 2 saturated carbocycles. The Hall–Kier alpha value is 0.476. The zero-order valence-electron chi connectivity index (χ0n) is 16.0. The summed E-state index contributed by atoms with van der Waals surface area (Å²) in [5, 5.41) is 0.105. The van der Waals surface area contributed by atoms with Gasteiger partial charge in [-0.05, 0) is 48.7 Å². The van der Waals surface area contributed by atoms with Crippen LogP contribution in [0.3, 0.4) is 0 Å². The molecule has 2 fully saturated rings. The Morgan fingerprint density at radius 1 is 1.00 bits per heavy atom. The molecule has 31 heavy (non-hydrogen) atoms. The Morgan fingerprint density at radius 2 is 1.58 bits per heavy atom. The van der Waals surface area contributed by atoms with Crippen molar-refractivity contribution in [3.8, 4) is 0 Å². The van der Waals surface area contributed by atoms with Crippen LogP contribution in [0.2, 0.25) is 10.0 Å². The molecule has 2 aromatic rings. The van der Waals surface area contributed by atoms with Crippen molar-refractivity contribution in [2.45, 2.75) is 41.8 Å². The number of benzene rings is 2. The van der Waals surface area contributed by atoms with Crippen LogP contribution in [0.25, 0.3) is 0 Å². The fourth-order valence-electron chi connectivity index (χ4n) is 3.82. The van der Waals surface area contributed by atoms with E-state index in [2.05, 4.69) is 0 Å². The molecule has 2 aliphatic rings. The number of hydrogen-bond acceptors (Lipinski definition) is 6. The summed E-state index contributed by atoms with van der Waals surface area (Å²) < 4.78 is 62.1. The van der Waals surface area contributed by atoms with Crippen LogP contribution in [0.15, 0.2) is 48.5 Å². The number of rotatable bonds is 8. The van der Waals surface area contributed by atoms with Crippen LogP contribution in [0, 0.1) is 0 Å². The predicted molar refractivity (Wildman–Crippen MR) is 122 cm³/mol. The molecule has 0 aromatic heterocycles. The van der Waals surface area contributed by atoms with Crippen molar-refractivity contribution >= 4 is 94.8 Å². The van der Waals surface area contributed by atoms with Crippen LogP contribution in [-0.2, 0) is 28.6 Å². The van der Waals surface area contributed by atoms with Gasteiger partial charge in [0.15, 0.2) is 0 Å². The summed E-state index contributed by atoms with van der Waals surface area (Å²) >= 11 is 12.0. The summed E-state index contributed by atoms with van der Waals surface area (Å²) in [7, 11) is -8.48. The zero-order chi connectivity index (χ0) is 21.7. The van der Waals surface area contributed by atoms with Gasteiger partial charge in [-0.25, -0.2) is 4.18 Å². The molecule has 4 unspecified atom stereocenters. The van der Waals surface area contributed by atoms with E-state index in [0.29, 0.717) is 22.0 Å². The zero-order valence-corrected chi connectivity index (χ0v) is 19.1. The van der Waals surface area contributed by atoms with E-state index in [1.165, 1.54) is 6.92 Å². The number of hydrogen-bond donors (Lipinski definition) is 0. The molecule has 4 rings (SSSR count). The van der Waals surface area contributed by atoms with E-state index in [4.69, 9.17) is 31.6 Å². The van der Waals surface area contributed by atoms with Crippen molar-refractivity contribution in [3.63, 3.8) is 0 Å². The van der Waals surface area contributed by atoms with Gasteiger partial charge in [-0.3, -0.25) is 4.18 Å². The second kappa shape index (κ2) is 9.62. The van der Waals surface area contributed by atoms with Crippen LogP contribution in [0.4, 0.5) is 0 Å². The van der Waals surface area contributed by atoms with Gasteiger partial charge in [-0.15, -0.1) is 0 Å². The Kier molecular flexibility index (Phi) is 8.09. The molecule has 0 aliphatic heterocycles. The van der Waals surface area contributed by atoms with Crippen molar-refractivity contribution in [2.75, 3.05) is 6.61 Å². The minimum atomic E-state index is -4.30. The van der Waals surface area contributed by atoms with E-state index in [1.807, 2.05) is 0 Å². The predicted octanol–water partition coefficient (Wildman–Crippen LogP) is 3.80. The van der Waals surface area contributed by atoms with Crippen molar-refractivity contribution < 1.29 is 25.2 Å². The van der Waals surface area contributed by atoms with Crippen molar-refractivity contribution in [1.29, 1.82) is 0 Å². The Balaban J connectivity index is 0.00000272. The van der Waals surface area contributed by atoms with Crippen molar-refractivity contribution in [1.82, 2.24) is 0 Å². The molecule has 0 saturated heterocycles. The summed E-state index contributed by atoms with van der Waals surface area (Å²) in [5.74, 6) is -0.977. The van der Waals surface area contributed by atoms with Gasteiger partial charge in [0.1, 0.15) is 0 Å². The average molecular weight is 532 g/mol. The SMILES string of the molecule is CCOS(=O)(=O)C1(OS(=O)(=O)C2CC2c2cccc(Cl)c2)CC1c1cccc(Cl)c1.[KH]. The Morgan fingerprint density at radius 3 is 2.16 bits per heavy atom. The van der Waals surface area contributed by atoms with Crippen molar-refractivity contribution in [2.24, 2.45) is 0 Å². The molecular weight excluding hydrogens is 510 g/mol. The summed E-state index contributed by atoms with van der Waals surface area (Å²) in [6.07, 6.45) is 0.318. The second-order valence-electron chi connectivity index (χ2n) is 7.50. The van der Waals surface area contributed by atoms with E-state index >= 15 is 0 Å². The number of halogens is 2. The molecule has 0 bridgehead atoms. The molecular formula is C20H21Cl2KO6S2. The fourth-order valence-corrected chi connectivity index (χ4v) is 7.91. The summed E-state index contributed by atoms with van der Waals surface area (Å²) in [6, 6.07) is 13.6. The third-order valence-electron chi connectivity index (χ3n) is 5.44. The first-order valence-electron chi connectivity index (χ1n) is 9.44. The third-order valence-corrected chi connectivity index (χ3v) is 9.74. The molecule has 0 amide bonds. The Labute approximate surface area is 235 Å². The van der Waals surface area contributed by atoms with E-state index in [-0.39, 0.29) is 70.3 Å². The molecule has 0 radical (unpaired) electrons. The normalized spacial score (nSPS) is 27.4. The van der Waals surface area contributed by atoms with E-state index in [1.54, 1.807) is 48.5 Å². The van der Waals surface area contributed by atoms with Gasteiger partial charge in [0.05, 0.1) is 11.9 Å². The van der Waals surface area contributed by atoms with Crippen LogP contribution in [0.5, 0.6) is 0 Å². The fraction of sp³-hybridized carbons (Fsp3) is 0.400.